The van der Waals surface area contributed by atoms with Crippen molar-refractivity contribution in [3.8, 4) is 5.75 Å². The lowest BCUT2D eigenvalue weighted by atomic mass is 9.70. The van der Waals surface area contributed by atoms with Crippen molar-refractivity contribution < 1.29 is 13.5 Å². The van der Waals surface area contributed by atoms with Crippen LogP contribution in [0.15, 0.2) is 24.3 Å². The summed E-state index contributed by atoms with van der Waals surface area (Å²) in [6.07, 6.45) is 24.7. The van der Waals surface area contributed by atoms with Crippen molar-refractivity contribution in [3.63, 3.8) is 0 Å². The molecule has 2 unspecified atom stereocenters. The lowest BCUT2D eigenvalue weighted by molar-refractivity contribution is 0.173. The molecular formula is C33H50F2O. The van der Waals surface area contributed by atoms with E-state index in [0.29, 0.717) is 24.0 Å². The molecule has 1 nitrogen and oxygen atoms in total. The van der Waals surface area contributed by atoms with Gasteiger partial charge in [0.1, 0.15) is 0 Å². The standard InChI is InChI=1S/C33H50F2O/c1-3-5-6-8-25-13-15-27(16-14-25)28-17-19-29(20-18-28)30-21-22-31(33(35)32(30)34)36-23-26-11-9-24(7-4-2)10-12-26/h17,19,21-22,24-29H,3-16,18,20,23H2,1-2H3. The van der Waals surface area contributed by atoms with Crippen LogP contribution in [0, 0.1) is 41.2 Å². The fourth-order valence-electron chi connectivity index (χ4n) is 7.33. The summed E-state index contributed by atoms with van der Waals surface area (Å²) in [6.45, 7) is 5.03. The third-order valence-electron chi connectivity index (χ3n) is 9.73. The minimum atomic E-state index is -0.802. The third-order valence-corrected chi connectivity index (χ3v) is 9.73. The van der Waals surface area contributed by atoms with Gasteiger partial charge in [-0.05, 0) is 79.7 Å². The van der Waals surface area contributed by atoms with Gasteiger partial charge in [-0.15, -0.1) is 0 Å². The summed E-state index contributed by atoms with van der Waals surface area (Å²) in [5, 5.41) is 0. The number of ether oxygens (including phenoxy) is 1. The van der Waals surface area contributed by atoms with E-state index < -0.39 is 11.6 Å². The highest BCUT2D eigenvalue weighted by atomic mass is 19.2. The Labute approximate surface area is 219 Å². The van der Waals surface area contributed by atoms with Gasteiger partial charge in [0.2, 0.25) is 5.82 Å². The topological polar surface area (TPSA) is 9.23 Å². The highest BCUT2D eigenvalue weighted by molar-refractivity contribution is 5.35. The second-order valence-electron chi connectivity index (χ2n) is 12.3. The molecule has 0 bridgehead atoms. The number of unbranched alkanes of at least 4 members (excludes halogenated alkanes) is 2. The van der Waals surface area contributed by atoms with Crippen LogP contribution in [0.3, 0.4) is 0 Å². The molecule has 3 aliphatic rings. The first-order valence-electron chi connectivity index (χ1n) is 15.4. The summed E-state index contributed by atoms with van der Waals surface area (Å²) in [4.78, 5) is 0. The summed E-state index contributed by atoms with van der Waals surface area (Å²) < 4.78 is 35.8. The van der Waals surface area contributed by atoms with Crippen LogP contribution in [0.4, 0.5) is 8.78 Å². The lowest BCUT2D eigenvalue weighted by Gasteiger charge is -2.35. The van der Waals surface area contributed by atoms with Crippen LogP contribution in [0.5, 0.6) is 5.75 Å². The summed E-state index contributed by atoms with van der Waals surface area (Å²) in [7, 11) is 0. The molecule has 0 spiro atoms. The van der Waals surface area contributed by atoms with Crippen molar-refractivity contribution in [3.05, 3.63) is 41.5 Å². The van der Waals surface area contributed by atoms with Gasteiger partial charge in [-0.25, -0.2) is 4.39 Å². The quantitative estimate of drug-likeness (QED) is 0.217. The molecule has 2 atom stereocenters. The van der Waals surface area contributed by atoms with E-state index in [2.05, 4.69) is 26.0 Å². The van der Waals surface area contributed by atoms with Crippen LogP contribution in [-0.2, 0) is 0 Å². The highest BCUT2D eigenvalue weighted by Gasteiger charge is 2.30. The number of benzene rings is 1. The number of hydrogen-bond acceptors (Lipinski definition) is 1. The molecule has 0 saturated heterocycles. The fraction of sp³-hybridized carbons (Fsp3) is 0.758. The Bertz CT molecular complexity index is 817. The van der Waals surface area contributed by atoms with Crippen LogP contribution in [0.2, 0.25) is 0 Å². The van der Waals surface area contributed by atoms with Crippen LogP contribution in [-0.4, -0.2) is 6.61 Å². The molecule has 2 fully saturated rings. The maximum absolute atomic E-state index is 15.1. The van der Waals surface area contributed by atoms with Crippen molar-refractivity contribution >= 4 is 0 Å². The van der Waals surface area contributed by atoms with E-state index in [9.17, 15) is 4.39 Å². The van der Waals surface area contributed by atoms with Crippen molar-refractivity contribution in [1.29, 1.82) is 0 Å². The Hall–Kier alpha value is -1.38. The zero-order valence-electron chi connectivity index (χ0n) is 23.0. The first kappa shape index (κ1) is 27.6. The van der Waals surface area contributed by atoms with Gasteiger partial charge in [0.15, 0.2) is 11.6 Å². The molecule has 3 heteroatoms. The Morgan fingerprint density at radius 3 is 2.06 bits per heavy atom. The average molecular weight is 501 g/mol. The van der Waals surface area contributed by atoms with Gasteiger partial charge in [0.05, 0.1) is 6.61 Å². The second kappa shape index (κ2) is 14.0. The molecule has 0 aliphatic heterocycles. The molecule has 2 saturated carbocycles. The second-order valence-corrected chi connectivity index (χ2v) is 12.3. The van der Waals surface area contributed by atoms with Crippen LogP contribution >= 0.6 is 0 Å². The van der Waals surface area contributed by atoms with Gasteiger partial charge < -0.3 is 4.74 Å². The predicted octanol–water partition coefficient (Wildman–Crippen LogP) is 10.4. The molecule has 202 valence electrons. The SMILES string of the molecule is CCCCCC1CCC(C2C=CC(c3ccc(OCC4CCC(CCC)CC4)c(F)c3F)CC2)CC1. The van der Waals surface area contributed by atoms with Crippen molar-refractivity contribution in [1.82, 2.24) is 0 Å². The Kier molecular flexibility index (Phi) is 10.7. The summed E-state index contributed by atoms with van der Waals surface area (Å²) in [5.41, 5.74) is 0.495. The zero-order valence-corrected chi connectivity index (χ0v) is 23.0. The minimum Gasteiger partial charge on any atom is -0.490 e. The molecule has 0 amide bonds. The smallest absolute Gasteiger partial charge is 0.200 e. The van der Waals surface area contributed by atoms with Gasteiger partial charge >= 0.3 is 0 Å². The monoisotopic (exact) mass is 500 g/mol. The first-order chi connectivity index (χ1) is 17.6. The van der Waals surface area contributed by atoms with Crippen LogP contribution in [0.1, 0.15) is 128 Å². The maximum Gasteiger partial charge on any atom is 0.200 e. The lowest BCUT2D eigenvalue weighted by Crippen LogP contribution is -2.23. The summed E-state index contributed by atoms with van der Waals surface area (Å²) in [6, 6.07) is 3.43. The summed E-state index contributed by atoms with van der Waals surface area (Å²) in [5.74, 6) is 2.17. The minimum absolute atomic E-state index is 0.0240. The normalized spacial score (nSPS) is 30.9. The molecule has 0 aromatic heterocycles. The highest BCUT2D eigenvalue weighted by Crippen LogP contribution is 2.42. The van der Waals surface area contributed by atoms with Gasteiger partial charge in [-0.2, -0.15) is 4.39 Å². The maximum atomic E-state index is 15.1. The van der Waals surface area contributed by atoms with Crippen molar-refractivity contribution in [2.45, 2.75) is 122 Å². The van der Waals surface area contributed by atoms with E-state index in [0.717, 1.165) is 43.4 Å². The molecule has 1 aromatic carbocycles. The van der Waals surface area contributed by atoms with Gasteiger partial charge in [0.25, 0.3) is 0 Å². The van der Waals surface area contributed by atoms with Crippen molar-refractivity contribution in [2.75, 3.05) is 6.61 Å². The number of rotatable bonds is 11. The van der Waals surface area contributed by atoms with E-state index in [1.54, 1.807) is 12.1 Å². The van der Waals surface area contributed by atoms with E-state index in [-0.39, 0.29) is 11.7 Å². The molecule has 0 heterocycles. The van der Waals surface area contributed by atoms with Crippen molar-refractivity contribution in [2.24, 2.45) is 29.6 Å². The van der Waals surface area contributed by atoms with Crippen LogP contribution < -0.4 is 4.74 Å². The molecule has 1 aromatic rings. The predicted molar refractivity (Wildman–Crippen MR) is 146 cm³/mol. The number of hydrogen-bond donors (Lipinski definition) is 0. The van der Waals surface area contributed by atoms with E-state index >= 15 is 4.39 Å². The van der Waals surface area contributed by atoms with E-state index in [1.165, 1.54) is 77.0 Å². The Balaban J connectivity index is 1.25. The van der Waals surface area contributed by atoms with Gasteiger partial charge in [-0.1, -0.05) is 96.3 Å². The molecular weight excluding hydrogens is 450 g/mol. The summed E-state index contributed by atoms with van der Waals surface area (Å²) >= 11 is 0. The number of halogens is 2. The Morgan fingerprint density at radius 1 is 0.694 bits per heavy atom. The molecule has 4 rings (SSSR count). The number of allylic oxidation sites excluding steroid dienone is 2. The molecule has 3 aliphatic carbocycles. The molecule has 0 N–H and O–H groups in total. The van der Waals surface area contributed by atoms with Crippen LogP contribution in [0.25, 0.3) is 0 Å². The zero-order chi connectivity index (χ0) is 25.3. The largest absolute Gasteiger partial charge is 0.490 e. The van der Waals surface area contributed by atoms with Gasteiger partial charge in [-0.3, -0.25) is 0 Å². The average Bonchev–Trinajstić information content (AvgIpc) is 2.91. The molecule has 0 radical (unpaired) electrons. The fourth-order valence-corrected chi connectivity index (χ4v) is 7.33. The van der Waals surface area contributed by atoms with E-state index in [4.69, 9.17) is 4.74 Å². The molecule has 36 heavy (non-hydrogen) atoms. The van der Waals surface area contributed by atoms with Gasteiger partial charge in [0, 0.05) is 5.92 Å². The third kappa shape index (κ3) is 7.35. The first-order valence-corrected chi connectivity index (χ1v) is 15.4. The Morgan fingerprint density at radius 2 is 1.39 bits per heavy atom. The van der Waals surface area contributed by atoms with E-state index in [1.807, 2.05) is 0 Å².